The Kier molecular flexibility index (Phi) is 10.3. The molecule has 0 aromatic rings. The summed E-state index contributed by atoms with van der Waals surface area (Å²) in [5.74, 6) is 0. The fourth-order valence-electron chi connectivity index (χ4n) is 2.15. The van der Waals surface area contributed by atoms with E-state index in [1.54, 1.807) is 20.8 Å². The van der Waals surface area contributed by atoms with E-state index in [2.05, 4.69) is 0 Å². The third-order valence-corrected chi connectivity index (χ3v) is 6.91. The van der Waals surface area contributed by atoms with Crippen LogP contribution >= 0.6 is 7.60 Å². The molecule has 4 atom stereocenters. The summed E-state index contributed by atoms with van der Waals surface area (Å²) in [4.78, 5) is 10.2. The molecule has 0 heterocycles. The molecule has 0 aliphatic heterocycles. The Balaban J connectivity index is 4.83. The molecule has 9 heteroatoms. The van der Waals surface area contributed by atoms with Gasteiger partial charge < -0.3 is 29.1 Å². The van der Waals surface area contributed by atoms with E-state index >= 15 is 0 Å². The van der Waals surface area contributed by atoms with E-state index in [4.69, 9.17) is 27.0 Å². The van der Waals surface area contributed by atoms with Crippen LogP contribution in [0.25, 0.3) is 0 Å². The molecule has 0 fully saturated rings. The maximum atomic E-state index is 12.5. The molecule has 24 heavy (non-hydrogen) atoms. The summed E-state index contributed by atoms with van der Waals surface area (Å²) < 4.78 is 28.4. The SMILES string of the molecule is [B][C@H](OCCC(C)(CC)OP(=O)(O)C(O)(CC)CC)[C@@H](CO)OC. The molecule has 2 unspecified atom stereocenters. The van der Waals surface area contributed by atoms with Crippen LogP contribution in [0.3, 0.4) is 0 Å². The maximum absolute atomic E-state index is 12.5. The minimum atomic E-state index is -4.24. The van der Waals surface area contributed by atoms with Crippen molar-refractivity contribution in [2.45, 2.75) is 76.4 Å². The first-order valence-corrected chi connectivity index (χ1v) is 9.89. The van der Waals surface area contributed by atoms with Gasteiger partial charge in [0.05, 0.1) is 18.3 Å². The molecule has 0 amide bonds. The molecule has 0 saturated carbocycles. The molecule has 7 nitrogen and oxygen atoms in total. The summed E-state index contributed by atoms with van der Waals surface area (Å²) in [5, 5.41) is 17.7. The summed E-state index contributed by atoms with van der Waals surface area (Å²) >= 11 is 0. The van der Waals surface area contributed by atoms with Crippen LogP contribution in [0.15, 0.2) is 0 Å². The molecular weight excluding hydrogens is 334 g/mol. The summed E-state index contributed by atoms with van der Waals surface area (Å²) in [6.45, 7) is 6.67. The predicted octanol–water partition coefficient (Wildman–Crippen LogP) is 1.77. The van der Waals surface area contributed by atoms with Crippen LogP contribution in [-0.2, 0) is 18.6 Å². The van der Waals surface area contributed by atoms with Gasteiger partial charge in [-0.15, -0.1) is 0 Å². The van der Waals surface area contributed by atoms with Crippen LogP contribution in [0.5, 0.6) is 0 Å². The third kappa shape index (κ3) is 6.41. The van der Waals surface area contributed by atoms with Gasteiger partial charge in [-0.3, -0.25) is 4.57 Å². The highest BCUT2D eigenvalue weighted by Gasteiger charge is 2.48. The van der Waals surface area contributed by atoms with Crippen LogP contribution in [0.1, 0.15) is 53.4 Å². The van der Waals surface area contributed by atoms with Crippen LogP contribution in [-0.4, -0.2) is 66.3 Å². The molecule has 0 saturated heterocycles. The summed E-state index contributed by atoms with van der Waals surface area (Å²) in [6.07, 6.45) is 0.336. The average Bonchev–Trinajstić information content (AvgIpc) is 2.54. The zero-order valence-electron chi connectivity index (χ0n) is 15.4. The topological polar surface area (TPSA) is 105 Å². The number of ether oxygens (including phenoxy) is 2. The molecule has 3 N–H and O–H groups in total. The van der Waals surface area contributed by atoms with E-state index in [0.717, 1.165) is 0 Å². The number of aliphatic hydroxyl groups is 2. The first-order valence-electron chi connectivity index (χ1n) is 8.31. The van der Waals surface area contributed by atoms with Gasteiger partial charge in [0.1, 0.15) is 7.85 Å². The highest BCUT2D eigenvalue weighted by atomic mass is 31.2. The zero-order valence-corrected chi connectivity index (χ0v) is 16.3. The van der Waals surface area contributed by atoms with Crippen molar-refractivity contribution >= 4 is 15.4 Å². The number of rotatable bonds is 13. The van der Waals surface area contributed by atoms with Crippen molar-refractivity contribution in [1.82, 2.24) is 0 Å². The molecular formula is C15H32BO7P. The normalized spacial score (nSPS) is 20.2. The minimum absolute atomic E-state index is 0.116. The lowest BCUT2D eigenvalue weighted by Crippen LogP contribution is -2.38. The lowest BCUT2D eigenvalue weighted by atomic mass is 9.94. The molecule has 0 aromatic heterocycles. The van der Waals surface area contributed by atoms with Gasteiger partial charge in [0.15, 0.2) is 5.34 Å². The lowest BCUT2D eigenvalue weighted by molar-refractivity contribution is -0.0563. The van der Waals surface area contributed by atoms with Crippen LogP contribution in [0.4, 0.5) is 0 Å². The Morgan fingerprint density at radius 1 is 1.21 bits per heavy atom. The Morgan fingerprint density at radius 3 is 2.12 bits per heavy atom. The van der Waals surface area contributed by atoms with E-state index < -0.39 is 30.6 Å². The van der Waals surface area contributed by atoms with Gasteiger partial charge in [0, 0.05) is 19.7 Å². The Morgan fingerprint density at radius 2 is 1.75 bits per heavy atom. The molecule has 0 aliphatic rings. The zero-order chi connectivity index (χ0) is 19.0. The van der Waals surface area contributed by atoms with Crippen molar-refractivity contribution in [2.24, 2.45) is 0 Å². The highest BCUT2D eigenvalue weighted by Crippen LogP contribution is 2.60. The van der Waals surface area contributed by atoms with Crippen LogP contribution in [0.2, 0.25) is 0 Å². The van der Waals surface area contributed by atoms with E-state index in [0.29, 0.717) is 12.8 Å². The Hall–Kier alpha value is 0.0549. The lowest BCUT2D eigenvalue weighted by Gasteiger charge is -2.37. The maximum Gasteiger partial charge on any atom is 0.359 e. The molecule has 0 aliphatic carbocycles. The molecule has 0 bridgehead atoms. The highest BCUT2D eigenvalue weighted by molar-refractivity contribution is 7.54. The van der Waals surface area contributed by atoms with E-state index in [9.17, 15) is 14.6 Å². The Labute approximate surface area is 146 Å². The second-order valence-corrected chi connectivity index (χ2v) is 8.20. The van der Waals surface area contributed by atoms with Crippen molar-refractivity contribution < 1.29 is 33.7 Å². The summed E-state index contributed by atoms with van der Waals surface area (Å²) in [6, 6.07) is -0.815. The van der Waals surface area contributed by atoms with Gasteiger partial charge in [-0.1, -0.05) is 20.8 Å². The van der Waals surface area contributed by atoms with E-state index in [-0.39, 0.29) is 26.1 Å². The Bertz CT molecular complexity index is 401. The summed E-state index contributed by atoms with van der Waals surface area (Å²) in [7, 11) is 2.93. The van der Waals surface area contributed by atoms with Crippen molar-refractivity contribution in [1.29, 1.82) is 0 Å². The van der Waals surface area contributed by atoms with Crippen molar-refractivity contribution in [3.05, 3.63) is 0 Å². The quantitative estimate of drug-likeness (QED) is 0.337. The second-order valence-electron chi connectivity index (χ2n) is 6.15. The van der Waals surface area contributed by atoms with E-state index in [1.165, 1.54) is 7.11 Å². The second kappa shape index (κ2) is 10.3. The van der Waals surface area contributed by atoms with Crippen LogP contribution in [0, 0.1) is 0 Å². The number of methoxy groups -OCH3 is 1. The van der Waals surface area contributed by atoms with Gasteiger partial charge in [-0.25, -0.2) is 0 Å². The monoisotopic (exact) mass is 366 g/mol. The smallest absolute Gasteiger partial charge is 0.359 e. The van der Waals surface area contributed by atoms with Crippen molar-refractivity contribution in [2.75, 3.05) is 20.3 Å². The van der Waals surface area contributed by atoms with Gasteiger partial charge in [-0.2, -0.15) is 0 Å². The van der Waals surface area contributed by atoms with Crippen LogP contribution < -0.4 is 0 Å². The largest absolute Gasteiger partial charge is 0.394 e. The van der Waals surface area contributed by atoms with Crippen molar-refractivity contribution in [3.8, 4) is 0 Å². The fourth-order valence-corrected chi connectivity index (χ4v) is 3.94. The molecule has 0 rings (SSSR count). The fraction of sp³-hybridized carbons (Fsp3) is 1.00. The number of hydrogen-bond acceptors (Lipinski definition) is 6. The number of hydrogen-bond donors (Lipinski definition) is 3. The molecule has 2 radical (unpaired) electrons. The molecule has 0 aromatic carbocycles. The van der Waals surface area contributed by atoms with Gasteiger partial charge in [0.2, 0.25) is 0 Å². The van der Waals surface area contributed by atoms with E-state index in [1.807, 2.05) is 6.92 Å². The van der Waals surface area contributed by atoms with Crippen molar-refractivity contribution in [3.63, 3.8) is 0 Å². The standard InChI is InChI=1S/C15H32BO7P/c1-6-14(4,9-10-22-13(16)12(11-17)21-5)23-24(19,20)15(18,7-2)8-3/h12-13,17-18H,6-11H2,1-5H3,(H,19,20)/t12-,13-,14?/m1/s1. The summed E-state index contributed by atoms with van der Waals surface area (Å²) in [5.41, 5.74) is -0.954. The molecule has 142 valence electrons. The van der Waals surface area contributed by atoms with Gasteiger partial charge >= 0.3 is 7.60 Å². The third-order valence-electron chi connectivity index (χ3n) is 4.54. The van der Waals surface area contributed by atoms with Gasteiger partial charge in [0.25, 0.3) is 0 Å². The first-order chi connectivity index (χ1) is 11.0. The minimum Gasteiger partial charge on any atom is -0.394 e. The van der Waals surface area contributed by atoms with Gasteiger partial charge in [-0.05, 0) is 32.6 Å². The number of aliphatic hydroxyl groups excluding tert-OH is 1. The first kappa shape index (κ1) is 24.1. The predicted molar refractivity (Wildman–Crippen MR) is 93.1 cm³/mol. The molecule has 0 spiro atoms. The average molecular weight is 366 g/mol.